The molecule has 3 rings (SSSR count). The van der Waals surface area contributed by atoms with Crippen LogP contribution in [0.15, 0.2) is 17.8 Å². The molecule has 0 unspecified atom stereocenters. The molecule has 0 radical (unpaired) electrons. The Morgan fingerprint density at radius 3 is 3.23 bits per heavy atom. The zero-order chi connectivity index (χ0) is 8.67. The first kappa shape index (κ1) is 7.18. The zero-order valence-corrected chi connectivity index (χ0v) is 7.58. The van der Waals surface area contributed by atoms with Crippen LogP contribution in [0.4, 0.5) is 5.82 Å². The van der Waals surface area contributed by atoms with Crippen molar-refractivity contribution in [3.63, 3.8) is 0 Å². The van der Waals surface area contributed by atoms with Crippen molar-refractivity contribution in [2.75, 3.05) is 11.9 Å². The molecule has 0 aromatic carbocycles. The SMILES string of the molecule is c1cc2n(n1)C1=C(CCCC1)CN2. The van der Waals surface area contributed by atoms with E-state index in [-0.39, 0.29) is 0 Å². The zero-order valence-electron chi connectivity index (χ0n) is 7.58. The fourth-order valence-electron chi connectivity index (χ4n) is 2.25. The highest BCUT2D eigenvalue weighted by molar-refractivity contribution is 5.62. The molecule has 1 aromatic rings. The van der Waals surface area contributed by atoms with Crippen molar-refractivity contribution < 1.29 is 0 Å². The van der Waals surface area contributed by atoms with Crippen molar-refractivity contribution in [1.82, 2.24) is 9.78 Å². The Bertz CT molecular complexity index is 362. The summed E-state index contributed by atoms with van der Waals surface area (Å²) in [4.78, 5) is 0. The van der Waals surface area contributed by atoms with E-state index >= 15 is 0 Å². The number of nitrogens with one attached hydrogen (secondary N) is 1. The highest BCUT2D eigenvalue weighted by Crippen LogP contribution is 2.32. The molecule has 13 heavy (non-hydrogen) atoms. The monoisotopic (exact) mass is 175 g/mol. The molecule has 1 N–H and O–H groups in total. The van der Waals surface area contributed by atoms with Crippen LogP contribution in [-0.2, 0) is 0 Å². The van der Waals surface area contributed by atoms with E-state index in [9.17, 15) is 0 Å². The van der Waals surface area contributed by atoms with Gasteiger partial charge in [0, 0.05) is 18.3 Å². The van der Waals surface area contributed by atoms with Crippen molar-refractivity contribution >= 4 is 11.5 Å². The molecule has 2 aliphatic rings. The fraction of sp³-hybridized carbons (Fsp3) is 0.500. The van der Waals surface area contributed by atoms with Gasteiger partial charge in [-0.2, -0.15) is 5.10 Å². The van der Waals surface area contributed by atoms with E-state index < -0.39 is 0 Å². The van der Waals surface area contributed by atoms with Gasteiger partial charge >= 0.3 is 0 Å². The summed E-state index contributed by atoms with van der Waals surface area (Å²) in [6.07, 6.45) is 6.98. The van der Waals surface area contributed by atoms with Gasteiger partial charge in [0.1, 0.15) is 5.82 Å². The van der Waals surface area contributed by atoms with E-state index in [2.05, 4.69) is 15.1 Å². The third kappa shape index (κ3) is 0.996. The Morgan fingerprint density at radius 2 is 2.23 bits per heavy atom. The highest BCUT2D eigenvalue weighted by atomic mass is 15.3. The number of fused-ring (bicyclic) bond motifs is 2. The molecule has 0 saturated carbocycles. The van der Waals surface area contributed by atoms with Gasteiger partial charge in [-0.25, -0.2) is 4.68 Å². The lowest BCUT2D eigenvalue weighted by Gasteiger charge is -2.26. The van der Waals surface area contributed by atoms with E-state index in [0.717, 1.165) is 12.4 Å². The summed E-state index contributed by atoms with van der Waals surface area (Å²) in [6, 6.07) is 2.04. The lowest BCUT2D eigenvalue weighted by atomic mass is 9.95. The van der Waals surface area contributed by atoms with Crippen molar-refractivity contribution in [2.24, 2.45) is 0 Å². The summed E-state index contributed by atoms with van der Waals surface area (Å²) in [7, 11) is 0. The highest BCUT2D eigenvalue weighted by Gasteiger charge is 2.20. The lowest BCUT2D eigenvalue weighted by molar-refractivity contribution is 0.658. The summed E-state index contributed by atoms with van der Waals surface area (Å²) in [5.41, 5.74) is 3.01. The predicted molar refractivity (Wildman–Crippen MR) is 52.4 cm³/mol. The molecule has 3 heteroatoms. The first-order valence-electron chi connectivity index (χ1n) is 4.94. The molecule has 0 spiro atoms. The third-order valence-electron chi connectivity index (χ3n) is 2.93. The summed E-state index contributed by atoms with van der Waals surface area (Å²) in [6.45, 7) is 1.03. The van der Waals surface area contributed by atoms with E-state index in [1.807, 2.05) is 12.3 Å². The summed E-state index contributed by atoms with van der Waals surface area (Å²) < 4.78 is 2.07. The molecule has 1 aromatic heterocycles. The quantitative estimate of drug-likeness (QED) is 0.654. The Hall–Kier alpha value is -1.25. The van der Waals surface area contributed by atoms with Crippen LogP contribution in [0.3, 0.4) is 0 Å². The molecule has 68 valence electrons. The second-order valence-corrected chi connectivity index (χ2v) is 3.74. The fourth-order valence-corrected chi connectivity index (χ4v) is 2.25. The van der Waals surface area contributed by atoms with Gasteiger partial charge in [-0.1, -0.05) is 0 Å². The molecule has 3 nitrogen and oxygen atoms in total. The Labute approximate surface area is 77.4 Å². The van der Waals surface area contributed by atoms with Crippen LogP contribution in [0.1, 0.15) is 25.7 Å². The number of aromatic nitrogens is 2. The lowest BCUT2D eigenvalue weighted by Crippen LogP contribution is -2.21. The van der Waals surface area contributed by atoms with Crippen LogP contribution in [0.5, 0.6) is 0 Å². The van der Waals surface area contributed by atoms with Crippen LogP contribution in [0.25, 0.3) is 5.70 Å². The second-order valence-electron chi connectivity index (χ2n) is 3.74. The van der Waals surface area contributed by atoms with Crippen molar-refractivity contribution in [3.05, 3.63) is 17.8 Å². The normalized spacial score (nSPS) is 20.6. The van der Waals surface area contributed by atoms with Crippen molar-refractivity contribution in [2.45, 2.75) is 25.7 Å². The van der Waals surface area contributed by atoms with Gasteiger partial charge in [-0.3, -0.25) is 0 Å². The number of hydrogen-bond acceptors (Lipinski definition) is 2. The summed E-state index contributed by atoms with van der Waals surface area (Å²) in [5.74, 6) is 1.15. The molecule has 0 atom stereocenters. The molecule has 2 heterocycles. The van der Waals surface area contributed by atoms with Gasteiger partial charge in [0.15, 0.2) is 0 Å². The molecule has 0 bridgehead atoms. The third-order valence-corrected chi connectivity index (χ3v) is 2.93. The Morgan fingerprint density at radius 1 is 1.31 bits per heavy atom. The van der Waals surface area contributed by atoms with E-state index in [1.54, 1.807) is 5.57 Å². The first-order valence-corrected chi connectivity index (χ1v) is 4.94. The van der Waals surface area contributed by atoms with Crippen LogP contribution in [0, 0.1) is 0 Å². The maximum Gasteiger partial charge on any atom is 0.129 e. The topological polar surface area (TPSA) is 29.9 Å². The minimum atomic E-state index is 1.03. The van der Waals surface area contributed by atoms with Crippen LogP contribution in [0.2, 0.25) is 0 Å². The van der Waals surface area contributed by atoms with Crippen molar-refractivity contribution in [1.29, 1.82) is 0 Å². The molecule has 1 aliphatic carbocycles. The van der Waals surface area contributed by atoms with Gasteiger partial charge in [0.2, 0.25) is 0 Å². The molecular formula is C10H13N3. The largest absolute Gasteiger partial charge is 0.366 e. The smallest absolute Gasteiger partial charge is 0.129 e. The second kappa shape index (κ2) is 2.62. The average molecular weight is 175 g/mol. The van der Waals surface area contributed by atoms with Crippen LogP contribution in [-0.4, -0.2) is 16.3 Å². The maximum absolute atomic E-state index is 4.34. The first-order chi connectivity index (χ1) is 6.45. The Balaban J connectivity index is 2.12. The molecule has 0 fully saturated rings. The van der Waals surface area contributed by atoms with Gasteiger partial charge in [0.05, 0.1) is 6.20 Å². The molecular weight excluding hydrogens is 162 g/mol. The summed E-state index contributed by atoms with van der Waals surface area (Å²) in [5, 5.41) is 7.72. The predicted octanol–water partition coefficient (Wildman–Crippen LogP) is 2.09. The minimum Gasteiger partial charge on any atom is -0.366 e. The van der Waals surface area contributed by atoms with Gasteiger partial charge < -0.3 is 5.32 Å². The van der Waals surface area contributed by atoms with Crippen LogP contribution >= 0.6 is 0 Å². The van der Waals surface area contributed by atoms with Gasteiger partial charge in [-0.15, -0.1) is 0 Å². The molecule has 1 aliphatic heterocycles. The number of anilines is 1. The van der Waals surface area contributed by atoms with Gasteiger partial charge in [-0.05, 0) is 31.3 Å². The standard InChI is InChI=1S/C10H13N3/c1-2-4-9-8(3-1)7-11-10-5-6-12-13(9)10/h5-6,11H,1-4,7H2. The van der Waals surface area contributed by atoms with E-state index in [4.69, 9.17) is 0 Å². The maximum atomic E-state index is 4.34. The molecule has 0 amide bonds. The average Bonchev–Trinajstić information content (AvgIpc) is 2.65. The van der Waals surface area contributed by atoms with Crippen molar-refractivity contribution in [3.8, 4) is 0 Å². The minimum absolute atomic E-state index is 1.03. The van der Waals surface area contributed by atoms with E-state index in [1.165, 1.54) is 31.4 Å². The number of hydrogen-bond donors (Lipinski definition) is 1. The molecule has 0 saturated heterocycles. The summed E-state index contributed by atoms with van der Waals surface area (Å²) >= 11 is 0. The number of nitrogens with zero attached hydrogens (tertiary/aromatic N) is 2. The number of rotatable bonds is 0. The van der Waals surface area contributed by atoms with Gasteiger partial charge in [0.25, 0.3) is 0 Å². The Kier molecular flexibility index (Phi) is 1.45. The van der Waals surface area contributed by atoms with E-state index in [0.29, 0.717) is 0 Å². The number of allylic oxidation sites excluding steroid dienone is 1. The van der Waals surface area contributed by atoms with Crippen LogP contribution < -0.4 is 5.32 Å².